The molecule has 0 N–H and O–H groups in total. The number of piperazine rings is 1. The fourth-order valence-corrected chi connectivity index (χ4v) is 9.10. The van der Waals surface area contributed by atoms with Crippen LogP contribution >= 0.6 is 0 Å². The smallest absolute Gasteiger partial charge is 0.231 e. The summed E-state index contributed by atoms with van der Waals surface area (Å²) >= 11 is 0. The van der Waals surface area contributed by atoms with Gasteiger partial charge in [-0.05, 0) is 62.9 Å². The molecule has 40 heavy (non-hydrogen) atoms. The van der Waals surface area contributed by atoms with Gasteiger partial charge in [-0.25, -0.2) is 21.1 Å². The number of ether oxygens (including phenoxy) is 2. The van der Waals surface area contributed by atoms with Crippen molar-refractivity contribution in [3.8, 4) is 11.5 Å². The van der Waals surface area contributed by atoms with E-state index in [2.05, 4.69) is 23.6 Å². The van der Waals surface area contributed by atoms with Crippen molar-refractivity contribution in [2.24, 2.45) is 0 Å². The molecular formula is C29H41N3O6S2. The third kappa shape index (κ3) is 6.04. The SMILES string of the molecule is CCCCS(=O)(=O)N1CCC(N2CCN([C@@H](C)c3ccc(S(=O)(=O)c4ccc5c(c4)OCO5)cc3)[C@H](C)C2)CC1. The third-order valence-electron chi connectivity index (χ3n) is 8.62. The van der Waals surface area contributed by atoms with Crippen LogP contribution in [-0.2, 0) is 19.9 Å². The van der Waals surface area contributed by atoms with Crippen molar-refractivity contribution in [1.29, 1.82) is 0 Å². The van der Waals surface area contributed by atoms with Crippen molar-refractivity contribution < 1.29 is 26.3 Å². The number of sulfonamides is 1. The standard InChI is InChI=1S/C29H41N3O6S2/c1-4-5-18-39(33,34)31-14-12-25(13-15-31)30-16-17-32(22(2)20-30)23(3)24-6-8-26(9-7-24)40(35,36)27-10-11-28-29(19-27)38-21-37-28/h6-11,19,22-23,25H,4-5,12-18,20-21H2,1-3H3/t22-,23+/m1/s1. The monoisotopic (exact) mass is 591 g/mol. The number of fused-ring (bicyclic) bond motifs is 1. The van der Waals surface area contributed by atoms with Gasteiger partial charge in [-0.15, -0.1) is 0 Å². The average molecular weight is 592 g/mol. The van der Waals surface area contributed by atoms with Crippen molar-refractivity contribution in [1.82, 2.24) is 14.1 Å². The van der Waals surface area contributed by atoms with E-state index in [1.54, 1.807) is 28.6 Å². The summed E-state index contributed by atoms with van der Waals surface area (Å²) in [6.45, 7) is 10.6. The van der Waals surface area contributed by atoms with Crippen LogP contribution in [0.2, 0.25) is 0 Å². The van der Waals surface area contributed by atoms with Crippen LogP contribution in [0.25, 0.3) is 0 Å². The first-order valence-electron chi connectivity index (χ1n) is 14.3. The Kier molecular flexibility index (Phi) is 8.77. The third-order valence-corrected chi connectivity index (χ3v) is 12.3. The van der Waals surface area contributed by atoms with Gasteiger partial charge in [0.25, 0.3) is 0 Å². The fraction of sp³-hybridized carbons (Fsp3) is 0.586. The molecule has 0 spiro atoms. The molecule has 2 atom stereocenters. The Morgan fingerprint density at radius 2 is 1.57 bits per heavy atom. The largest absolute Gasteiger partial charge is 0.454 e. The Hall–Kier alpha value is -2.18. The lowest BCUT2D eigenvalue weighted by atomic mass is 9.99. The van der Waals surface area contributed by atoms with E-state index in [0.29, 0.717) is 36.7 Å². The summed E-state index contributed by atoms with van der Waals surface area (Å²) in [5, 5.41) is 0. The van der Waals surface area contributed by atoms with Crippen LogP contribution in [0.4, 0.5) is 0 Å². The lowest BCUT2D eigenvalue weighted by molar-refractivity contribution is 0.0196. The average Bonchev–Trinajstić information content (AvgIpc) is 3.44. The maximum atomic E-state index is 13.2. The Morgan fingerprint density at radius 1 is 0.900 bits per heavy atom. The second-order valence-electron chi connectivity index (χ2n) is 11.1. The van der Waals surface area contributed by atoms with Gasteiger partial charge < -0.3 is 9.47 Å². The van der Waals surface area contributed by atoms with Crippen LogP contribution in [0.3, 0.4) is 0 Å². The topological polar surface area (TPSA) is 96.5 Å². The van der Waals surface area contributed by atoms with E-state index in [9.17, 15) is 16.8 Å². The van der Waals surface area contributed by atoms with Gasteiger partial charge in [0.2, 0.25) is 26.7 Å². The zero-order chi connectivity index (χ0) is 28.5. The highest BCUT2D eigenvalue weighted by molar-refractivity contribution is 7.91. The van der Waals surface area contributed by atoms with E-state index >= 15 is 0 Å². The van der Waals surface area contributed by atoms with Gasteiger partial charge in [-0.2, -0.15) is 0 Å². The van der Waals surface area contributed by atoms with Gasteiger partial charge >= 0.3 is 0 Å². The van der Waals surface area contributed by atoms with Crippen molar-refractivity contribution >= 4 is 19.9 Å². The Labute approximate surface area is 239 Å². The van der Waals surface area contributed by atoms with Crippen LogP contribution in [0.15, 0.2) is 52.3 Å². The van der Waals surface area contributed by atoms with Gasteiger partial charge in [0.1, 0.15) is 0 Å². The Balaban J connectivity index is 1.17. The number of piperidine rings is 1. The molecule has 0 saturated carbocycles. The molecule has 220 valence electrons. The van der Waals surface area contributed by atoms with Crippen LogP contribution in [0.5, 0.6) is 11.5 Å². The molecule has 0 unspecified atom stereocenters. The first-order valence-corrected chi connectivity index (χ1v) is 17.4. The number of rotatable bonds is 9. The van der Waals surface area contributed by atoms with Gasteiger partial charge in [0.05, 0.1) is 15.5 Å². The van der Waals surface area contributed by atoms with Crippen molar-refractivity contribution in [3.63, 3.8) is 0 Å². The molecule has 0 bridgehead atoms. The first kappa shape index (κ1) is 29.3. The predicted octanol–water partition coefficient (Wildman–Crippen LogP) is 3.91. The summed E-state index contributed by atoms with van der Waals surface area (Å²) in [6, 6.07) is 12.8. The first-order chi connectivity index (χ1) is 19.1. The minimum absolute atomic E-state index is 0.0980. The van der Waals surface area contributed by atoms with Crippen molar-refractivity contribution in [3.05, 3.63) is 48.0 Å². The highest BCUT2D eigenvalue weighted by Gasteiger charge is 2.35. The summed E-state index contributed by atoms with van der Waals surface area (Å²) in [5.74, 6) is 1.26. The summed E-state index contributed by atoms with van der Waals surface area (Å²) < 4.78 is 64.0. The molecule has 0 aliphatic carbocycles. The zero-order valence-electron chi connectivity index (χ0n) is 23.7. The molecule has 5 rings (SSSR count). The van der Waals surface area contributed by atoms with Gasteiger partial charge in [0, 0.05) is 56.9 Å². The number of unbranched alkanes of at least 4 members (excludes halogenated alkanes) is 1. The number of hydrogen-bond donors (Lipinski definition) is 0. The van der Waals surface area contributed by atoms with Gasteiger partial charge in [0.15, 0.2) is 11.5 Å². The molecule has 2 aromatic carbocycles. The Morgan fingerprint density at radius 3 is 2.25 bits per heavy atom. The molecule has 2 aromatic rings. The minimum atomic E-state index is -3.67. The second kappa shape index (κ2) is 12.0. The van der Waals surface area contributed by atoms with Crippen LogP contribution in [0.1, 0.15) is 58.1 Å². The van der Waals surface area contributed by atoms with E-state index in [-0.39, 0.29) is 28.4 Å². The van der Waals surface area contributed by atoms with Crippen LogP contribution < -0.4 is 9.47 Å². The normalized spacial score (nSPS) is 22.4. The molecule has 2 fully saturated rings. The molecule has 2 saturated heterocycles. The lowest BCUT2D eigenvalue weighted by Crippen LogP contribution is -2.57. The van der Waals surface area contributed by atoms with Crippen molar-refractivity contribution in [2.45, 2.75) is 74.4 Å². The maximum absolute atomic E-state index is 13.2. The Bertz CT molecular complexity index is 1390. The van der Waals surface area contributed by atoms with Gasteiger partial charge in [-0.3, -0.25) is 9.80 Å². The van der Waals surface area contributed by atoms with E-state index < -0.39 is 19.9 Å². The summed E-state index contributed by atoms with van der Waals surface area (Å²) in [5.41, 5.74) is 1.08. The summed E-state index contributed by atoms with van der Waals surface area (Å²) in [7, 11) is -6.81. The molecule has 11 heteroatoms. The molecule has 0 radical (unpaired) electrons. The lowest BCUT2D eigenvalue weighted by Gasteiger charge is -2.47. The molecule has 3 aliphatic rings. The quantitative estimate of drug-likeness (QED) is 0.433. The van der Waals surface area contributed by atoms with Gasteiger partial charge in [-0.1, -0.05) is 25.5 Å². The van der Waals surface area contributed by atoms with E-state index in [4.69, 9.17) is 9.47 Å². The maximum Gasteiger partial charge on any atom is 0.231 e. The number of sulfone groups is 1. The fourth-order valence-electron chi connectivity index (χ4n) is 6.15. The second-order valence-corrected chi connectivity index (χ2v) is 15.2. The number of benzene rings is 2. The van der Waals surface area contributed by atoms with Crippen LogP contribution in [-0.4, -0.2) is 88.3 Å². The highest BCUT2D eigenvalue weighted by Crippen LogP contribution is 2.36. The molecule has 9 nitrogen and oxygen atoms in total. The van der Waals surface area contributed by atoms with Crippen molar-refractivity contribution in [2.75, 3.05) is 45.3 Å². The highest BCUT2D eigenvalue weighted by atomic mass is 32.2. The van der Waals surface area contributed by atoms with E-state index in [1.165, 1.54) is 6.07 Å². The van der Waals surface area contributed by atoms with E-state index in [1.807, 2.05) is 19.1 Å². The molecule has 3 aliphatic heterocycles. The molecular weight excluding hydrogens is 550 g/mol. The summed E-state index contributed by atoms with van der Waals surface area (Å²) in [4.78, 5) is 5.45. The zero-order valence-corrected chi connectivity index (χ0v) is 25.3. The molecule has 0 aromatic heterocycles. The number of hydrogen-bond acceptors (Lipinski definition) is 8. The van der Waals surface area contributed by atoms with Crippen LogP contribution in [0, 0.1) is 0 Å². The van der Waals surface area contributed by atoms with E-state index in [0.717, 1.165) is 50.9 Å². The minimum Gasteiger partial charge on any atom is -0.454 e. The molecule has 3 heterocycles. The predicted molar refractivity (Wildman–Crippen MR) is 154 cm³/mol. The molecule has 0 amide bonds. The summed E-state index contributed by atoms with van der Waals surface area (Å²) in [6.07, 6.45) is 3.37. The number of nitrogens with zero attached hydrogens (tertiary/aromatic N) is 3.